The maximum atomic E-state index is 4.28. The van der Waals surface area contributed by atoms with E-state index in [2.05, 4.69) is 59.8 Å². The molecule has 2 atom stereocenters. The molecule has 1 saturated carbocycles. The zero-order valence-electron chi connectivity index (χ0n) is 13.3. The Morgan fingerprint density at radius 2 is 1.95 bits per heavy atom. The summed E-state index contributed by atoms with van der Waals surface area (Å²) in [6.45, 7) is 6.49. The number of hydrogen-bond acceptors (Lipinski definition) is 1. The van der Waals surface area contributed by atoms with Crippen LogP contribution in [0.3, 0.4) is 0 Å². The molecule has 0 spiro atoms. The lowest BCUT2D eigenvalue weighted by molar-refractivity contribution is 0.572. The summed E-state index contributed by atoms with van der Waals surface area (Å²) in [5.41, 5.74) is 1.47. The van der Waals surface area contributed by atoms with Crippen LogP contribution >= 0.6 is 24.0 Å². The van der Waals surface area contributed by atoms with Gasteiger partial charge in [-0.1, -0.05) is 44.2 Å². The summed E-state index contributed by atoms with van der Waals surface area (Å²) in [6.07, 6.45) is 2.47. The molecule has 21 heavy (non-hydrogen) atoms. The highest BCUT2D eigenvalue weighted by molar-refractivity contribution is 14.0. The molecule has 118 valence electrons. The largest absolute Gasteiger partial charge is 0.356 e. The summed E-state index contributed by atoms with van der Waals surface area (Å²) >= 11 is 0. The molecule has 2 unspecified atom stereocenters. The van der Waals surface area contributed by atoms with Crippen molar-refractivity contribution in [3.05, 3.63) is 35.9 Å². The molecule has 0 bridgehead atoms. The fourth-order valence-corrected chi connectivity index (χ4v) is 2.51. The lowest BCUT2D eigenvalue weighted by Gasteiger charge is -2.12. The van der Waals surface area contributed by atoms with Crippen molar-refractivity contribution in [1.82, 2.24) is 10.6 Å². The van der Waals surface area contributed by atoms with Gasteiger partial charge in [0.25, 0.3) is 0 Å². The standard InChI is InChI=1S/C17H27N3.HI/c1-13(2)9-10-19-17(18-3)20-12-15-11-16(15)14-7-5-4-6-8-14;/h4-8,13,15-16H,9-12H2,1-3H3,(H2,18,19,20);1H. The first kappa shape index (κ1) is 18.3. The number of nitrogens with zero attached hydrogens (tertiary/aromatic N) is 1. The Labute approximate surface area is 146 Å². The van der Waals surface area contributed by atoms with Crippen LogP contribution in [0.25, 0.3) is 0 Å². The highest BCUT2D eigenvalue weighted by Crippen LogP contribution is 2.46. The summed E-state index contributed by atoms with van der Waals surface area (Å²) < 4.78 is 0. The summed E-state index contributed by atoms with van der Waals surface area (Å²) in [5.74, 6) is 3.15. The lowest BCUT2D eigenvalue weighted by atomic mass is 10.1. The van der Waals surface area contributed by atoms with Gasteiger partial charge in [-0.3, -0.25) is 4.99 Å². The van der Waals surface area contributed by atoms with E-state index < -0.39 is 0 Å². The van der Waals surface area contributed by atoms with E-state index in [1.54, 1.807) is 0 Å². The van der Waals surface area contributed by atoms with Crippen LogP contribution < -0.4 is 10.6 Å². The first-order valence-electron chi connectivity index (χ1n) is 7.70. The van der Waals surface area contributed by atoms with Crippen molar-refractivity contribution in [3.8, 4) is 0 Å². The molecule has 0 heterocycles. The first-order valence-corrected chi connectivity index (χ1v) is 7.70. The van der Waals surface area contributed by atoms with Crippen LogP contribution in [-0.2, 0) is 0 Å². The molecule has 1 aliphatic carbocycles. The van der Waals surface area contributed by atoms with E-state index in [9.17, 15) is 0 Å². The predicted molar refractivity (Wildman–Crippen MR) is 102 cm³/mol. The average Bonchev–Trinajstić information content (AvgIpc) is 3.23. The van der Waals surface area contributed by atoms with Gasteiger partial charge in [-0.05, 0) is 36.2 Å². The SMILES string of the molecule is CN=C(NCCC(C)C)NCC1CC1c1ccccc1.I. The zero-order valence-corrected chi connectivity index (χ0v) is 15.6. The molecule has 1 aromatic carbocycles. The van der Waals surface area contributed by atoms with Crippen molar-refractivity contribution in [1.29, 1.82) is 0 Å². The quantitative estimate of drug-likeness (QED) is 0.434. The van der Waals surface area contributed by atoms with Crippen molar-refractivity contribution in [2.75, 3.05) is 20.1 Å². The molecule has 4 heteroatoms. The third-order valence-corrected chi connectivity index (χ3v) is 3.92. The zero-order chi connectivity index (χ0) is 14.4. The molecule has 2 rings (SSSR count). The Hall–Kier alpha value is -0.780. The number of aliphatic imine (C=N–C) groups is 1. The topological polar surface area (TPSA) is 36.4 Å². The summed E-state index contributed by atoms with van der Waals surface area (Å²) in [6, 6.07) is 10.8. The van der Waals surface area contributed by atoms with E-state index in [0.717, 1.165) is 36.8 Å². The summed E-state index contributed by atoms with van der Waals surface area (Å²) in [5, 5.41) is 6.82. The third-order valence-electron chi connectivity index (χ3n) is 3.92. The highest BCUT2D eigenvalue weighted by Gasteiger charge is 2.37. The third kappa shape index (κ3) is 6.24. The van der Waals surface area contributed by atoms with Gasteiger partial charge in [0.05, 0.1) is 0 Å². The van der Waals surface area contributed by atoms with E-state index in [1.807, 2.05) is 7.05 Å². The van der Waals surface area contributed by atoms with Crippen LogP contribution in [0.2, 0.25) is 0 Å². The second-order valence-electron chi connectivity index (χ2n) is 6.08. The minimum absolute atomic E-state index is 0. The van der Waals surface area contributed by atoms with E-state index in [-0.39, 0.29) is 24.0 Å². The molecule has 3 nitrogen and oxygen atoms in total. The number of halogens is 1. The van der Waals surface area contributed by atoms with Crippen molar-refractivity contribution in [3.63, 3.8) is 0 Å². The van der Waals surface area contributed by atoms with Crippen molar-refractivity contribution >= 4 is 29.9 Å². The summed E-state index contributed by atoms with van der Waals surface area (Å²) in [4.78, 5) is 4.28. The Balaban J connectivity index is 0.00000220. The van der Waals surface area contributed by atoms with Gasteiger partial charge in [0, 0.05) is 20.1 Å². The number of rotatable bonds is 6. The van der Waals surface area contributed by atoms with Gasteiger partial charge in [0.2, 0.25) is 0 Å². The van der Waals surface area contributed by atoms with Crippen LogP contribution in [0.4, 0.5) is 0 Å². The van der Waals surface area contributed by atoms with Gasteiger partial charge in [-0.25, -0.2) is 0 Å². The lowest BCUT2D eigenvalue weighted by Crippen LogP contribution is -2.39. The average molecular weight is 401 g/mol. The van der Waals surface area contributed by atoms with E-state index in [0.29, 0.717) is 0 Å². The number of nitrogens with one attached hydrogen (secondary N) is 2. The maximum absolute atomic E-state index is 4.28. The maximum Gasteiger partial charge on any atom is 0.190 e. The molecule has 0 aromatic heterocycles. The van der Waals surface area contributed by atoms with Gasteiger partial charge >= 0.3 is 0 Å². The molecule has 1 aliphatic rings. The van der Waals surface area contributed by atoms with Crippen molar-refractivity contribution in [2.24, 2.45) is 16.8 Å². The number of hydrogen-bond donors (Lipinski definition) is 2. The van der Waals surface area contributed by atoms with E-state index in [1.165, 1.54) is 18.4 Å². The molecule has 1 aromatic rings. The molecule has 0 saturated heterocycles. The summed E-state index contributed by atoms with van der Waals surface area (Å²) in [7, 11) is 1.84. The Morgan fingerprint density at radius 3 is 2.57 bits per heavy atom. The van der Waals surface area contributed by atoms with Crippen LogP contribution in [0.15, 0.2) is 35.3 Å². The van der Waals surface area contributed by atoms with Crippen molar-refractivity contribution < 1.29 is 0 Å². The van der Waals surface area contributed by atoms with Crippen LogP contribution in [-0.4, -0.2) is 26.1 Å². The normalized spacial score (nSPS) is 20.9. The van der Waals surface area contributed by atoms with Gasteiger partial charge in [0.15, 0.2) is 5.96 Å². The first-order chi connectivity index (χ1) is 9.70. The smallest absolute Gasteiger partial charge is 0.190 e. The van der Waals surface area contributed by atoms with E-state index in [4.69, 9.17) is 0 Å². The molecule has 1 fully saturated rings. The van der Waals surface area contributed by atoms with Crippen LogP contribution in [0, 0.1) is 11.8 Å². The predicted octanol–water partition coefficient (Wildman–Crippen LogP) is 3.62. The monoisotopic (exact) mass is 401 g/mol. The second kappa shape index (κ2) is 9.28. The second-order valence-corrected chi connectivity index (χ2v) is 6.08. The minimum atomic E-state index is 0. The minimum Gasteiger partial charge on any atom is -0.356 e. The van der Waals surface area contributed by atoms with Gasteiger partial charge < -0.3 is 10.6 Å². The van der Waals surface area contributed by atoms with Gasteiger partial charge in [-0.15, -0.1) is 24.0 Å². The molecule has 0 amide bonds. The Kier molecular flexibility index (Phi) is 8.07. The fourth-order valence-electron chi connectivity index (χ4n) is 2.51. The molecule has 0 aliphatic heterocycles. The van der Waals surface area contributed by atoms with E-state index >= 15 is 0 Å². The highest BCUT2D eigenvalue weighted by atomic mass is 127. The molecular weight excluding hydrogens is 373 g/mol. The molecule has 2 N–H and O–H groups in total. The number of guanidine groups is 1. The fraction of sp³-hybridized carbons (Fsp3) is 0.588. The van der Waals surface area contributed by atoms with Crippen LogP contribution in [0.5, 0.6) is 0 Å². The van der Waals surface area contributed by atoms with Gasteiger partial charge in [-0.2, -0.15) is 0 Å². The molecular formula is C17H28IN3. The van der Waals surface area contributed by atoms with Crippen molar-refractivity contribution in [2.45, 2.75) is 32.6 Å². The number of benzene rings is 1. The van der Waals surface area contributed by atoms with Crippen LogP contribution in [0.1, 0.15) is 38.2 Å². The molecule has 0 radical (unpaired) electrons. The Bertz CT molecular complexity index is 431. The Morgan fingerprint density at radius 1 is 1.24 bits per heavy atom. The van der Waals surface area contributed by atoms with Gasteiger partial charge in [0.1, 0.15) is 0 Å².